The summed E-state index contributed by atoms with van der Waals surface area (Å²) < 4.78 is 0. The molecule has 0 radical (unpaired) electrons. The smallest absolute Gasteiger partial charge is 0.227 e. The lowest BCUT2D eigenvalue weighted by Gasteiger charge is -2.02. The molecule has 1 aliphatic rings. The summed E-state index contributed by atoms with van der Waals surface area (Å²) in [7, 11) is 0. The summed E-state index contributed by atoms with van der Waals surface area (Å²) in [6.07, 6.45) is 5.23. The van der Waals surface area contributed by atoms with Crippen molar-refractivity contribution in [2.45, 2.75) is 12.8 Å². The zero-order valence-corrected chi connectivity index (χ0v) is 8.03. The van der Waals surface area contributed by atoms with E-state index < -0.39 is 0 Å². The van der Waals surface area contributed by atoms with Gasteiger partial charge in [0.05, 0.1) is 23.7 Å². The number of nitrogens with zero attached hydrogens (tertiary/aromatic N) is 2. The van der Waals surface area contributed by atoms with Gasteiger partial charge in [-0.1, -0.05) is 0 Å². The Kier molecular flexibility index (Phi) is 1.71. The minimum Gasteiger partial charge on any atom is -0.343 e. The van der Waals surface area contributed by atoms with Crippen molar-refractivity contribution in [3.63, 3.8) is 0 Å². The maximum Gasteiger partial charge on any atom is 0.227 e. The number of nitrogens with one attached hydrogen (secondary N) is 2. The number of hydrogen-bond donors (Lipinski definition) is 2. The Bertz CT molecular complexity index is 515. The molecule has 2 N–H and O–H groups in total. The molecule has 1 aliphatic carbocycles. The van der Waals surface area contributed by atoms with E-state index in [-0.39, 0.29) is 11.8 Å². The van der Waals surface area contributed by atoms with Gasteiger partial charge in [0, 0.05) is 5.92 Å². The van der Waals surface area contributed by atoms with Gasteiger partial charge in [0.2, 0.25) is 5.91 Å². The van der Waals surface area contributed by atoms with Crippen LogP contribution in [0.4, 0.5) is 5.69 Å². The molecule has 1 saturated carbocycles. The van der Waals surface area contributed by atoms with Crippen LogP contribution in [-0.2, 0) is 4.79 Å². The van der Waals surface area contributed by atoms with E-state index in [1.165, 1.54) is 0 Å². The van der Waals surface area contributed by atoms with Crippen LogP contribution in [0.1, 0.15) is 12.8 Å². The number of hydrogen-bond acceptors (Lipinski definition) is 3. The lowest BCUT2D eigenvalue weighted by atomic mass is 10.3. The zero-order chi connectivity index (χ0) is 10.3. The van der Waals surface area contributed by atoms with Crippen molar-refractivity contribution in [2.75, 3.05) is 5.32 Å². The fraction of sp³-hybridized carbons (Fsp3) is 0.300. The Morgan fingerprint density at radius 3 is 3.13 bits per heavy atom. The summed E-state index contributed by atoms with van der Waals surface area (Å²) >= 11 is 0. The second-order valence-corrected chi connectivity index (χ2v) is 3.76. The third-order valence-corrected chi connectivity index (χ3v) is 2.49. The van der Waals surface area contributed by atoms with Gasteiger partial charge in [-0.05, 0) is 18.9 Å². The van der Waals surface area contributed by atoms with Crippen LogP contribution in [0, 0.1) is 5.92 Å². The molecule has 1 fully saturated rings. The molecule has 1 amide bonds. The molecule has 0 aliphatic heterocycles. The molecule has 0 bridgehead atoms. The summed E-state index contributed by atoms with van der Waals surface area (Å²) in [5.74, 6) is 0.304. The average molecular weight is 202 g/mol. The van der Waals surface area contributed by atoms with Crippen molar-refractivity contribution in [1.29, 1.82) is 0 Å². The zero-order valence-electron chi connectivity index (χ0n) is 8.03. The summed E-state index contributed by atoms with van der Waals surface area (Å²) in [4.78, 5) is 22.6. The second kappa shape index (κ2) is 3.05. The highest BCUT2D eigenvalue weighted by Gasteiger charge is 2.29. The van der Waals surface area contributed by atoms with Gasteiger partial charge in [-0.25, -0.2) is 9.97 Å². The van der Waals surface area contributed by atoms with Gasteiger partial charge >= 0.3 is 0 Å². The van der Waals surface area contributed by atoms with E-state index in [9.17, 15) is 4.79 Å². The number of amides is 1. The van der Waals surface area contributed by atoms with Crippen LogP contribution >= 0.6 is 0 Å². The highest BCUT2D eigenvalue weighted by Crippen LogP contribution is 2.30. The van der Waals surface area contributed by atoms with Crippen molar-refractivity contribution in [1.82, 2.24) is 15.0 Å². The normalized spacial score (nSPS) is 15.5. The second-order valence-electron chi connectivity index (χ2n) is 3.76. The van der Waals surface area contributed by atoms with E-state index in [4.69, 9.17) is 0 Å². The summed E-state index contributed by atoms with van der Waals surface area (Å²) in [5.41, 5.74) is 2.23. The number of aromatic amines is 1. The summed E-state index contributed by atoms with van der Waals surface area (Å²) in [6.45, 7) is 0. The van der Waals surface area contributed by atoms with E-state index in [0.717, 1.165) is 24.0 Å². The first kappa shape index (κ1) is 8.40. The van der Waals surface area contributed by atoms with Crippen LogP contribution in [0.15, 0.2) is 18.6 Å². The molecule has 0 aromatic carbocycles. The number of fused-ring (bicyclic) bond motifs is 1. The van der Waals surface area contributed by atoms with Crippen LogP contribution < -0.4 is 5.32 Å². The molecule has 5 heteroatoms. The Balaban J connectivity index is 1.86. The predicted octanol–water partition coefficient (Wildman–Crippen LogP) is 1.31. The summed E-state index contributed by atoms with van der Waals surface area (Å²) in [5, 5.41) is 2.84. The quantitative estimate of drug-likeness (QED) is 0.771. The molecule has 5 nitrogen and oxygen atoms in total. The third-order valence-electron chi connectivity index (χ3n) is 2.49. The topological polar surface area (TPSA) is 70.7 Å². The van der Waals surface area contributed by atoms with Crippen molar-refractivity contribution in [3.8, 4) is 0 Å². The highest BCUT2D eigenvalue weighted by atomic mass is 16.2. The number of H-pyrrole nitrogens is 1. The molecular formula is C10H10N4O. The standard InChI is InChI=1S/C10H10N4O/c15-10(6-1-2-6)14-7-3-8-9(11-4-7)13-5-12-8/h3-6H,1-2H2,(H,14,15)(H,11,12,13). The van der Waals surface area contributed by atoms with Gasteiger partial charge in [-0.3, -0.25) is 4.79 Å². The van der Waals surface area contributed by atoms with Crippen LogP contribution in [0.25, 0.3) is 11.2 Å². The van der Waals surface area contributed by atoms with Crippen LogP contribution in [-0.4, -0.2) is 20.9 Å². The van der Waals surface area contributed by atoms with Crippen molar-refractivity contribution >= 4 is 22.8 Å². The van der Waals surface area contributed by atoms with Crippen molar-refractivity contribution < 1.29 is 4.79 Å². The number of carbonyl (C=O) groups is 1. The summed E-state index contributed by atoms with van der Waals surface area (Å²) in [6, 6.07) is 1.84. The lowest BCUT2D eigenvalue weighted by molar-refractivity contribution is -0.117. The molecule has 0 saturated heterocycles. The lowest BCUT2D eigenvalue weighted by Crippen LogP contribution is -2.13. The molecule has 2 heterocycles. The van der Waals surface area contributed by atoms with Gasteiger partial charge < -0.3 is 10.3 Å². The molecule has 76 valence electrons. The number of aromatic nitrogens is 3. The molecule has 3 rings (SSSR count). The number of imidazole rings is 1. The number of carbonyl (C=O) groups excluding carboxylic acids is 1. The van der Waals surface area contributed by atoms with Crippen LogP contribution in [0.3, 0.4) is 0 Å². The highest BCUT2D eigenvalue weighted by molar-refractivity contribution is 5.95. The van der Waals surface area contributed by atoms with E-state index in [0.29, 0.717) is 5.65 Å². The van der Waals surface area contributed by atoms with Crippen LogP contribution in [0.2, 0.25) is 0 Å². The largest absolute Gasteiger partial charge is 0.343 e. The van der Waals surface area contributed by atoms with Gasteiger partial charge in [0.15, 0.2) is 5.65 Å². The third kappa shape index (κ3) is 1.56. The van der Waals surface area contributed by atoms with E-state index >= 15 is 0 Å². The number of anilines is 1. The van der Waals surface area contributed by atoms with E-state index in [1.54, 1.807) is 12.5 Å². The maximum absolute atomic E-state index is 11.5. The van der Waals surface area contributed by atoms with Gasteiger partial charge in [0.25, 0.3) is 0 Å². The molecular weight excluding hydrogens is 192 g/mol. The Morgan fingerprint density at radius 2 is 2.33 bits per heavy atom. The Labute approximate surface area is 85.9 Å². The predicted molar refractivity (Wildman–Crippen MR) is 55.2 cm³/mol. The van der Waals surface area contributed by atoms with Crippen molar-refractivity contribution in [3.05, 3.63) is 18.6 Å². The SMILES string of the molecule is O=C(Nc1cnc2nc[nH]c2c1)C1CC1. The fourth-order valence-electron chi connectivity index (χ4n) is 1.49. The van der Waals surface area contributed by atoms with Crippen LogP contribution in [0.5, 0.6) is 0 Å². The minimum atomic E-state index is 0.0932. The van der Waals surface area contributed by atoms with E-state index in [2.05, 4.69) is 20.3 Å². The number of rotatable bonds is 2. The first-order chi connectivity index (χ1) is 7.33. The maximum atomic E-state index is 11.5. The van der Waals surface area contributed by atoms with Gasteiger partial charge in [-0.15, -0.1) is 0 Å². The minimum absolute atomic E-state index is 0.0932. The van der Waals surface area contributed by atoms with Gasteiger partial charge in [-0.2, -0.15) is 0 Å². The molecule has 2 aromatic heterocycles. The first-order valence-corrected chi connectivity index (χ1v) is 4.93. The number of pyridine rings is 1. The molecule has 15 heavy (non-hydrogen) atoms. The molecule has 0 spiro atoms. The Morgan fingerprint density at radius 1 is 1.47 bits per heavy atom. The first-order valence-electron chi connectivity index (χ1n) is 4.93. The van der Waals surface area contributed by atoms with Gasteiger partial charge in [0.1, 0.15) is 0 Å². The average Bonchev–Trinajstić information content (AvgIpc) is 2.98. The molecule has 0 atom stereocenters. The van der Waals surface area contributed by atoms with Crippen molar-refractivity contribution in [2.24, 2.45) is 5.92 Å². The molecule has 0 unspecified atom stereocenters. The monoisotopic (exact) mass is 202 g/mol. The van der Waals surface area contributed by atoms with E-state index in [1.807, 2.05) is 6.07 Å². The molecule has 2 aromatic rings. The fourth-order valence-corrected chi connectivity index (χ4v) is 1.49. The Hall–Kier alpha value is -1.91.